The quantitative estimate of drug-likeness (QED) is 0.908. The number of aromatic nitrogens is 1. The second kappa shape index (κ2) is 5.25. The summed E-state index contributed by atoms with van der Waals surface area (Å²) in [4.78, 5) is 5.39. The third kappa shape index (κ3) is 2.62. The van der Waals surface area contributed by atoms with E-state index < -0.39 is 0 Å². The van der Waals surface area contributed by atoms with Crippen LogP contribution in [0.1, 0.15) is 4.88 Å². The van der Waals surface area contributed by atoms with Crippen LogP contribution in [0, 0.1) is 5.82 Å². The number of hydrogen-bond acceptors (Lipinski definition) is 4. The zero-order valence-electron chi connectivity index (χ0n) is 9.66. The van der Waals surface area contributed by atoms with Gasteiger partial charge >= 0.3 is 0 Å². The predicted molar refractivity (Wildman–Crippen MR) is 66.8 cm³/mol. The first kappa shape index (κ1) is 12.0. The van der Waals surface area contributed by atoms with Crippen molar-refractivity contribution in [1.29, 1.82) is 0 Å². The second-order valence-electron chi connectivity index (χ2n) is 3.51. The van der Waals surface area contributed by atoms with Gasteiger partial charge in [-0.25, -0.2) is 9.37 Å². The fraction of sp³-hybridized carbons (Fsp3) is 0.250. The van der Waals surface area contributed by atoms with Crippen LogP contribution in [-0.4, -0.2) is 19.1 Å². The largest absolute Gasteiger partial charge is 0.496 e. The van der Waals surface area contributed by atoms with E-state index >= 15 is 0 Å². The van der Waals surface area contributed by atoms with Crippen molar-refractivity contribution < 1.29 is 9.13 Å². The number of rotatable bonds is 4. The van der Waals surface area contributed by atoms with Crippen LogP contribution in [0.3, 0.4) is 0 Å². The van der Waals surface area contributed by atoms with Crippen LogP contribution in [0.25, 0.3) is 10.6 Å². The fourth-order valence-electron chi connectivity index (χ4n) is 1.54. The van der Waals surface area contributed by atoms with Gasteiger partial charge in [-0.15, -0.1) is 11.3 Å². The topological polar surface area (TPSA) is 34.2 Å². The van der Waals surface area contributed by atoms with Gasteiger partial charge in [0.1, 0.15) is 16.6 Å². The molecule has 0 saturated carbocycles. The Balaban J connectivity index is 2.40. The molecule has 0 aliphatic heterocycles. The lowest BCUT2D eigenvalue weighted by atomic mass is 10.2. The van der Waals surface area contributed by atoms with Crippen LogP contribution in [0.4, 0.5) is 4.39 Å². The third-order valence-corrected chi connectivity index (χ3v) is 3.33. The minimum atomic E-state index is -0.286. The summed E-state index contributed by atoms with van der Waals surface area (Å²) in [5, 5.41) is 3.82. The van der Waals surface area contributed by atoms with Gasteiger partial charge < -0.3 is 10.1 Å². The van der Waals surface area contributed by atoms with E-state index in [4.69, 9.17) is 4.74 Å². The average molecular weight is 252 g/mol. The first-order valence-electron chi connectivity index (χ1n) is 5.18. The molecule has 0 radical (unpaired) electrons. The van der Waals surface area contributed by atoms with Crippen molar-refractivity contribution >= 4 is 11.3 Å². The number of thiazole rings is 1. The number of hydrogen-bond donors (Lipinski definition) is 1. The SMILES string of the molecule is CNCc1cnc(-c2cc(F)ccc2OC)s1. The standard InChI is InChI=1S/C12H13FN2OS/c1-14-6-9-7-15-12(17-9)10-5-8(13)3-4-11(10)16-2/h3-5,7,14H,6H2,1-2H3. The molecule has 0 unspecified atom stereocenters. The van der Waals surface area contributed by atoms with Crippen molar-refractivity contribution in [1.82, 2.24) is 10.3 Å². The molecule has 2 aromatic rings. The lowest BCUT2D eigenvalue weighted by Gasteiger charge is -2.05. The maximum Gasteiger partial charge on any atom is 0.129 e. The number of halogens is 1. The smallest absolute Gasteiger partial charge is 0.129 e. The molecule has 0 amide bonds. The Morgan fingerprint density at radius 2 is 2.29 bits per heavy atom. The summed E-state index contributed by atoms with van der Waals surface area (Å²) in [6.45, 7) is 0.759. The van der Waals surface area contributed by atoms with Crippen LogP contribution >= 0.6 is 11.3 Å². The highest BCUT2D eigenvalue weighted by atomic mass is 32.1. The molecule has 0 fully saturated rings. The number of nitrogens with zero attached hydrogens (tertiary/aromatic N) is 1. The van der Waals surface area contributed by atoms with Gasteiger partial charge in [-0.05, 0) is 25.2 Å². The molecule has 0 aliphatic carbocycles. The zero-order valence-corrected chi connectivity index (χ0v) is 10.5. The summed E-state index contributed by atoms with van der Waals surface area (Å²) >= 11 is 1.53. The van der Waals surface area contributed by atoms with Crippen molar-refractivity contribution in [3.05, 3.63) is 35.1 Å². The highest BCUT2D eigenvalue weighted by Crippen LogP contribution is 2.33. The highest BCUT2D eigenvalue weighted by Gasteiger charge is 2.11. The van der Waals surface area contributed by atoms with E-state index in [-0.39, 0.29) is 5.82 Å². The van der Waals surface area contributed by atoms with E-state index in [9.17, 15) is 4.39 Å². The number of methoxy groups -OCH3 is 1. The predicted octanol–water partition coefficient (Wildman–Crippen LogP) is 2.68. The molecule has 17 heavy (non-hydrogen) atoms. The Bertz CT molecular complexity index is 513. The monoisotopic (exact) mass is 252 g/mol. The Hall–Kier alpha value is -1.46. The molecule has 1 N–H and O–H groups in total. The molecule has 0 aliphatic rings. The molecule has 0 atom stereocenters. The number of benzene rings is 1. The van der Waals surface area contributed by atoms with E-state index in [2.05, 4.69) is 10.3 Å². The molecule has 1 heterocycles. The maximum atomic E-state index is 13.2. The van der Waals surface area contributed by atoms with Gasteiger partial charge in [0.2, 0.25) is 0 Å². The van der Waals surface area contributed by atoms with Gasteiger partial charge in [-0.3, -0.25) is 0 Å². The van der Waals surface area contributed by atoms with Crippen LogP contribution in [0.15, 0.2) is 24.4 Å². The maximum absolute atomic E-state index is 13.2. The van der Waals surface area contributed by atoms with Crippen molar-refractivity contribution in [2.75, 3.05) is 14.2 Å². The van der Waals surface area contributed by atoms with Crippen molar-refractivity contribution in [3.63, 3.8) is 0 Å². The molecule has 3 nitrogen and oxygen atoms in total. The molecule has 0 spiro atoms. The van der Waals surface area contributed by atoms with Crippen molar-refractivity contribution in [3.8, 4) is 16.3 Å². The Kier molecular flexibility index (Phi) is 3.71. The van der Waals surface area contributed by atoms with Gasteiger partial charge in [0.15, 0.2) is 0 Å². The van der Waals surface area contributed by atoms with Gasteiger partial charge in [0, 0.05) is 17.6 Å². The Morgan fingerprint density at radius 3 is 3.00 bits per heavy atom. The Labute approximate surface area is 103 Å². The van der Waals surface area contributed by atoms with Crippen LogP contribution in [0.2, 0.25) is 0 Å². The summed E-state index contributed by atoms with van der Waals surface area (Å²) in [5.41, 5.74) is 0.694. The summed E-state index contributed by atoms with van der Waals surface area (Å²) in [6.07, 6.45) is 1.79. The normalized spacial score (nSPS) is 10.5. The first-order valence-corrected chi connectivity index (χ1v) is 5.99. The molecule has 0 saturated heterocycles. The van der Waals surface area contributed by atoms with Crippen LogP contribution in [0.5, 0.6) is 5.75 Å². The summed E-state index contributed by atoms with van der Waals surface area (Å²) < 4.78 is 18.4. The second-order valence-corrected chi connectivity index (χ2v) is 4.62. The van der Waals surface area contributed by atoms with E-state index in [0.717, 1.165) is 16.4 Å². The molecule has 1 aromatic heterocycles. The summed E-state index contributed by atoms with van der Waals surface area (Å²) in [7, 11) is 3.45. The first-order chi connectivity index (χ1) is 8.24. The average Bonchev–Trinajstić information content (AvgIpc) is 2.78. The molecule has 1 aromatic carbocycles. The zero-order chi connectivity index (χ0) is 12.3. The molecular formula is C12H13FN2OS. The lowest BCUT2D eigenvalue weighted by Crippen LogP contribution is -2.02. The minimum Gasteiger partial charge on any atom is -0.496 e. The molecule has 2 rings (SSSR count). The molecule has 0 bridgehead atoms. The van der Waals surface area contributed by atoms with E-state index in [1.165, 1.54) is 23.5 Å². The summed E-state index contributed by atoms with van der Waals surface area (Å²) in [5.74, 6) is 0.350. The van der Waals surface area contributed by atoms with Gasteiger partial charge in [0.25, 0.3) is 0 Å². The number of ether oxygens (including phenoxy) is 1. The van der Waals surface area contributed by atoms with E-state index in [1.807, 2.05) is 7.05 Å². The minimum absolute atomic E-state index is 0.286. The van der Waals surface area contributed by atoms with Gasteiger partial charge in [-0.2, -0.15) is 0 Å². The van der Waals surface area contributed by atoms with Crippen molar-refractivity contribution in [2.45, 2.75) is 6.54 Å². The van der Waals surface area contributed by atoms with E-state index in [1.54, 1.807) is 19.4 Å². The molecule has 5 heteroatoms. The Morgan fingerprint density at radius 1 is 1.47 bits per heavy atom. The van der Waals surface area contributed by atoms with Crippen LogP contribution in [-0.2, 0) is 6.54 Å². The van der Waals surface area contributed by atoms with Gasteiger partial charge in [-0.1, -0.05) is 0 Å². The van der Waals surface area contributed by atoms with Gasteiger partial charge in [0.05, 0.1) is 12.7 Å². The van der Waals surface area contributed by atoms with E-state index in [0.29, 0.717) is 11.3 Å². The fourth-order valence-corrected chi connectivity index (χ4v) is 2.48. The molecular weight excluding hydrogens is 239 g/mol. The van der Waals surface area contributed by atoms with Crippen molar-refractivity contribution in [2.24, 2.45) is 0 Å². The number of nitrogens with one attached hydrogen (secondary N) is 1. The molecule has 90 valence electrons. The third-order valence-electron chi connectivity index (χ3n) is 2.30. The van der Waals surface area contributed by atoms with Crippen LogP contribution < -0.4 is 10.1 Å². The highest BCUT2D eigenvalue weighted by molar-refractivity contribution is 7.15. The summed E-state index contributed by atoms with van der Waals surface area (Å²) in [6, 6.07) is 4.44. The lowest BCUT2D eigenvalue weighted by molar-refractivity contribution is 0.415.